The standard InChI is InChI=1S/C9H16N4OS/c1-3-4-13-8(14)11-12-9(13)15-6-7(2)5-10/h2-6,10H2,1H3,(H,11,14). The normalized spacial score (nSPS) is 10.5. The number of hydrogen-bond donors (Lipinski definition) is 2. The molecular formula is C9H16N4OS. The fraction of sp³-hybridized carbons (Fsp3) is 0.556. The van der Waals surface area contributed by atoms with Crippen molar-refractivity contribution in [2.45, 2.75) is 25.0 Å². The highest BCUT2D eigenvalue weighted by atomic mass is 32.2. The number of nitrogens with zero attached hydrogens (tertiary/aromatic N) is 2. The predicted molar refractivity (Wildman–Crippen MR) is 62.1 cm³/mol. The molecule has 0 saturated carbocycles. The summed E-state index contributed by atoms with van der Waals surface area (Å²) in [7, 11) is 0. The van der Waals surface area contributed by atoms with Crippen LogP contribution in [0.2, 0.25) is 0 Å². The summed E-state index contributed by atoms with van der Waals surface area (Å²) in [6.07, 6.45) is 0.908. The summed E-state index contributed by atoms with van der Waals surface area (Å²) in [6.45, 7) is 6.98. The van der Waals surface area contributed by atoms with Crippen LogP contribution in [-0.4, -0.2) is 27.1 Å². The van der Waals surface area contributed by atoms with Crippen LogP contribution < -0.4 is 11.4 Å². The Hall–Kier alpha value is -1.01. The van der Waals surface area contributed by atoms with Gasteiger partial charge in [0.2, 0.25) is 0 Å². The second kappa shape index (κ2) is 5.77. The van der Waals surface area contributed by atoms with E-state index in [4.69, 9.17) is 5.73 Å². The molecule has 0 aliphatic rings. The Kier molecular flexibility index (Phi) is 4.64. The fourth-order valence-electron chi connectivity index (χ4n) is 1.06. The molecule has 0 aliphatic carbocycles. The minimum Gasteiger partial charge on any atom is -0.327 e. The van der Waals surface area contributed by atoms with E-state index in [-0.39, 0.29) is 5.69 Å². The van der Waals surface area contributed by atoms with Gasteiger partial charge in [0.15, 0.2) is 5.16 Å². The highest BCUT2D eigenvalue weighted by Gasteiger charge is 2.07. The number of H-pyrrole nitrogens is 1. The van der Waals surface area contributed by atoms with Crippen LogP contribution in [0.5, 0.6) is 0 Å². The SMILES string of the molecule is C=C(CN)CSc1n[nH]c(=O)n1CCC. The van der Waals surface area contributed by atoms with Crippen LogP contribution in [0.1, 0.15) is 13.3 Å². The number of aromatic nitrogens is 3. The van der Waals surface area contributed by atoms with E-state index in [1.807, 2.05) is 6.92 Å². The van der Waals surface area contributed by atoms with Gasteiger partial charge in [-0.2, -0.15) is 0 Å². The maximum Gasteiger partial charge on any atom is 0.343 e. The minimum absolute atomic E-state index is 0.155. The van der Waals surface area contributed by atoms with E-state index in [0.29, 0.717) is 24.0 Å². The van der Waals surface area contributed by atoms with Crippen LogP contribution in [0.25, 0.3) is 0 Å². The van der Waals surface area contributed by atoms with Crippen molar-refractivity contribution in [1.29, 1.82) is 0 Å². The number of hydrogen-bond acceptors (Lipinski definition) is 4. The van der Waals surface area contributed by atoms with Gasteiger partial charge in [-0.1, -0.05) is 30.8 Å². The van der Waals surface area contributed by atoms with Crippen LogP contribution in [-0.2, 0) is 6.54 Å². The number of thioether (sulfide) groups is 1. The molecule has 0 aliphatic heterocycles. The molecule has 0 bridgehead atoms. The molecule has 1 aromatic rings. The van der Waals surface area contributed by atoms with E-state index in [1.165, 1.54) is 11.8 Å². The maximum atomic E-state index is 11.3. The van der Waals surface area contributed by atoms with E-state index < -0.39 is 0 Å². The van der Waals surface area contributed by atoms with Crippen molar-refractivity contribution in [2.24, 2.45) is 5.73 Å². The third kappa shape index (κ3) is 3.24. The summed E-state index contributed by atoms with van der Waals surface area (Å²) in [5, 5.41) is 7.09. The lowest BCUT2D eigenvalue weighted by atomic mass is 10.4. The summed E-state index contributed by atoms with van der Waals surface area (Å²) in [6, 6.07) is 0. The summed E-state index contributed by atoms with van der Waals surface area (Å²) < 4.78 is 1.63. The Morgan fingerprint density at radius 2 is 2.47 bits per heavy atom. The molecule has 0 aromatic carbocycles. The largest absolute Gasteiger partial charge is 0.343 e. The van der Waals surface area contributed by atoms with Gasteiger partial charge in [-0.05, 0) is 6.42 Å². The van der Waals surface area contributed by atoms with Gasteiger partial charge in [0.05, 0.1) is 0 Å². The van der Waals surface area contributed by atoms with Crippen LogP contribution in [0.4, 0.5) is 0 Å². The van der Waals surface area contributed by atoms with Crippen LogP contribution in [0, 0.1) is 0 Å². The van der Waals surface area contributed by atoms with Crippen molar-refractivity contribution < 1.29 is 0 Å². The lowest BCUT2D eigenvalue weighted by Crippen LogP contribution is -2.17. The van der Waals surface area contributed by atoms with Crippen LogP contribution >= 0.6 is 11.8 Å². The van der Waals surface area contributed by atoms with E-state index in [2.05, 4.69) is 16.8 Å². The van der Waals surface area contributed by atoms with E-state index >= 15 is 0 Å². The molecule has 0 radical (unpaired) electrons. The summed E-state index contributed by atoms with van der Waals surface area (Å²) in [5.74, 6) is 0.699. The molecule has 1 heterocycles. The average Bonchev–Trinajstić information content (AvgIpc) is 2.58. The van der Waals surface area contributed by atoms with Crippen molar-refractivity contribution in [3.63, 3.8) is 0 Å². The molecule has 1 rings (SSSR count). The van der Waals surface area contributed by atoms with Crippen LogP contribution in [0.3, 0.4) is 0 Å². The molecule has 0 atom stereocenters. The fourth-order valence-corrected chi connectivity index (χ4v) is 1.95. The summed E-state index contributed by atoms with van der Waals surface area (Å²) in [4.78, 5) is 11.3. The minimum atomic E-state index is -0.155. The third-order valence-electron chi connectivity index (χ3n) is 1.86. The number of rotatable bonds is 6. The van der Waals surface area contributed by atoms with Gasteiger partial charge in [0.1, 0.15) is 0 Å². The number of nitrogens with one attached hydrogen (secondary N) is 1. The van der Waals surface area contributed by atoms with Gasteiger partial charge in [0.25, 0.3) is 0 Å². The average molecular weight is 228 g/mol. The smallest absolute Gasteiger partial charge is 0.327 e. The molecule has 0 fully saturated rings. The van der Waals surface area contributed by atoms with Gasteiger partial charge in [0, 0.05) is 18.8 Å². The molecule has 0 amide bonds. The second-order valence-electron chi connectivity index (χ2n) is 3.21. The first kappa shape index (κ1) is 12.1. The molecule has 15 heavy (non-hydrogen) atoms. The van der Waals surface area contributed by atoms with Crippen molar-refractivity contribution in [2.75, 3.05) is 12.3 Å². The molecule has 5 nitrogen and oxygen atoms in total. The molecule has 1 aromatic heterocycles. The molecular weight excluding hydrogens is 212 g/mol. The highest BCUT2D eigenvalue weighted by Crippen LogP contribution is 2.15. The predicted octanol–water partition coefficient (Wildman–Crippen LogP) is 0.588. The quantitative estimate of drug-likeness (QED) is 0.552. The monoisotopic (exact) mass is 228 g/mol. The third-order valence-corrected chi connectivity index (χ3v) is 2.99. The Morgan fingerprint density at radius 3 is 3.07 bits per heavy atom. The van der Waals surface area contributed by atoms with Crippen molar-refractivity contribution in [1.82, 2.24) is 14.8 Å². The Balaban J connectivity index is 2.68. The van der Waals surface area contributed by atoms with E-state index in [9.17, 15) is 4.79 Å². The molecule has 84 valence electrons. The molecule has 6 heteroatoms. The Labute approximate surface area is 92.7 Å². The van der Waals surface area contributed by atoms with Crippen molar-refractivity contribution in [3.05, 3.63) is 22.6 Å². The van der Waals surface area contributed by atoms with Gasteiger partial charge < -0.3 is 5.73 Å². The zero-order valence-electron chi connectivity index (χ0n) is 8.82. The zero-order valence-corrected chi connectivity index (χ0v) is 9.64. The lowest BCUT2D eigenvalue weighted by Gasteiger charge is -2.03. The first-order chi connectivity index (χ1) is 7.19. The Morgan fingerprint density at radius 1 is 1.73 bits per heavy atom. The number of nitrogens with two attached hydrogens (primary N) is 1. The molecule has 0 unspecified atom stereocenters. The molecule has 0 spiro atoms. The maximum absolute atomic E-state index is 11.3. The lowest BCUT2D eigenvalue weighted by molar-refractivity contribution is 0.604. The first-order valence-corrected chi connectivity index (χ1v) is 5.82. The summed E-state index contributed by atoms with van der Waals surface area (Å²) >= 11 is 1.48. The molecule has 3 N–H and O–H groups in total. The molecule has 0 saturated heterocycles. The van der Waals surface area contributed by atoms with E-state index in [0.717, 1.165) is 12.0 Å². The number of aromatic amines is 1. The van der Waals surface area contributed by atoms with Crippen LogP contribution in [0.15, 0.2) is 22.1 Å². The highest BCUT2D eigenvalue weighted by molar-refractivity contribution is 7.99. The van der Waals surface area contributed by atoms with Gasteiger partial charge in [-0.15, -0.1) is 5.10 Å². The Bertz CT molecular complexity index is 382. The van der Waals surface area contributed by atoms with Crippen molar-refractivity contribution in [3.8, 4) is 0 Å². The second-order valence-corrected chi connectivity index (χ2v) is 4.15. The van der Waals surface area contributed by atoms with Gasteiger partial charge >= 0.3 is 5.69 Å². The van der Waals surface area contributed by atoms with Gasteiger partial charge in [-0.25, -0.2) is 9.89 Å². The van der Waals surface area contributed by atoms with Crippen molar-refractivity contribution >= 4 is 11.8 Å². The van der Waals surface area contributed by atoms with E-state index in [1.54, 1.807) is 4.57 Å². The topological polar surface area (TPSA) is 76.7 Å². The first-order valence-electron chi connectivity index (χ1n) is 4.83. The van der Waals surface area contributed by atoms with Gasteiger partial charge in [-0.3, -0.25) is 4.57 Å². The zero-order chi connectivity index (χ0) is 11.3. The summed E-state index contributed by atoms with van der Waals surface area (Å²) in [5.41, 5.74) is 6.22.